The largest absolute Gasteiger partial charge is 0.334 e. The molecule has 7 heteroatoms. The monoisotopic (exact) mass is 461 g/mol. The number of hydrogen-bond donors (Lipinski definition) is 0. The summed E-state index contributed by atoms with van der Waals surface area (Å²) >= 11 is 14.2. The van der Waals surface area contributed by atoms with Gasteiger partial charge in [0.1, 0.15) is 0 Å². The molecule has 2 aromatic heterocycles. The van der Waals surface area contributed by atoms with E-state index < -0.39 is 0 Å². The van der Waals surface area contributed by atoms with Gasteiger partial charge in [-0.1, -0.05) is 46.6 Å². The lowest BCUT2D eigenvalue weighted by atomic mass is 9.77. The van der Waals surface area contributed by atoms with Gasteiger partial charge < -0.3 is 9.42 Å². The van der Waals surface area contributed by atoms with E-state index in [4.69, 9.17) is 27.7 Å². The zero-order chi connectivity index (χ0) is 21.1. The average Bonchev–Trinajstić information content (AvgIpc) is 3.42. The molecule has 1 aliphatic carbocycles. The Labute approximate surface area is 191 Å². The zero-order valence-electron chi connectivity index (χ0n) is 17.1. The van der Waals surface area contributed by atoms with Crippen molar-refractivity contribution in [2.75, 3.05) is 14.1 Å². The van der Waals surface area contributed by atoms with Gasteiger partial charge in [-0.25, -0.2) is 0 Å². The van der Waals surface area contributed by atoms with Crippen molar-refractivity contribution in [3.05, 3.63) is 62.6 Å². The van der Waals surface area contributed by atoms with Gasteiger partial charge in [0.2, 0.25) is 5.82 Å². The minimum atomic E-state index is 0.440. The average molecular weight is 462 g/mol. The number of benzene rings is 1. The fraction of sp³-hybridized carbons (Fsp3) is 0.391. The second-order valence-corrected chi connectivity index (χ2v) is 9.78. The third-order valence-electron chi connectivity index (χ3n) is 5.80. The highest BCUT2D eigenvalue weighted by Gasteiger charge is 2.29. The molecule has 0 bridgehead atoms. The molecule has 4 nitrogen and oxygen atoms in total. The van der Waals surface area contributed by atoms with E-state index >= 15 is 0 Å². The minimum Gasteiger partial charge on any atom is -0.334 e. The Morgan fingerprint density at radius 3 is 2.63 bits per heavy atom. The van der Waals surface area contributed by atoms with E-state index in [9.17, 15) is 0 Å². The van der Waals surface area contributed by atoms with Crippen LogP contribution in [0, 0.1) is 11.8 Å². The summed E-state index contributed by atoms with van der Waals surface area (Å²) in [7, 11) is 4.38. The van der Waals surface area contributed by atoms with Crippen LogP contribution in [0.4, 0.5) is 0 Å². The fourth-order valence-corrected chi connectivity index (χ4v) is 5.73. The normalized spacial score (nSPS) is 20.8. The first kappa shape index (κ1) is 21.6. The Bertz CT molecular complexity index is 992. The van der Waals surface area contributed by atoms with Crippen molar-refractivity contribution in [3.8, 4) is 11.4 Å². The highest BCUT2D eigenvalue weighted by atomic mass is 35.5. The van der Waals surface area contributed by atoms with E-state index in [2.05, 4.69) is 52.7 Å². The highest BCUT2D eigenvalue weighted by molar-refractivity contribution is 7.10. The number of halogens is 2. The number of nitrogens with zero attached hydrogens (tertiary/aromatic N) is 3. The Morgan fingerprint density at radius 2 is 1.93 bits per heavy atom. The van der Waals surface area contributed by atoms with Crippen LogP contribution in [-0.2, 0) is 0 Å². The molecule has 1 atom stereocenters. The first-order valence-corrected chi connectivity index (χ1v) is 11.8. The molecule has 1 unspecified atom stereocenters. The third kappa shape index (κ3) is 4.80. The highest BCUT2D eigenvalue weighted by Crippen LogP contribution is 2.41. The minimum absolute atomic E-state index is 0.440. The van der Waals surface area contributed by atoms with E-state index in [1.54, 1.807) is 6.07 Å². The predicted molar refractivity (Wildman–Crippen MR) is 125 cm³/mol. The standard InChI is InChI=1S/C23H25Cl2N3OS/c1-28(2)22(19-7-4-14-30-19)16-11-8-15(9-12-16)10-13-20-26-23(27-29-20)17-5-3-6-18(24)21(17)25/h3-7,10,13-16,22H,8-9,11-12H2,1-2H3/b13-10+. The Balaban J connectivity index is 1.38. The summed E-state index contributed by atoms with van der Waals surface area (Å²) < 4.78 is 5.39. The van der Waals surface area contributed by atoms with Gasteiger partial charge in [-0.15, -0.1) is 11.3 Å². The van der Waals surface area contributed by atoms with Crippen molar-refractivity contribution < 1.29 is 4.52 Å². The van der Waals surface area contributed by atoms with Gasteiger partial charge in [0.05, 0.1) is 10.0 Å². The molecule has 30 heavy (non-hydrogen) atoms. The van der Waals surface area contributed by atoms with Crippen LogP contribution < -0.4 is 0 Å². The smallest absolute Gasteiger partial charge is 0.250 e. The molecule has 1 aromatic carbocycles. The fourth-order valence-electron chi connectivity index (χ4n) is 4.33. The molecule has 0 amide bonds. The molecule has 4 rings (SSSR count). The van der Waals surface area contributed by atoms with Crippen LogP contribution in [0.1, 0.15) is 42.5 Å². The summed E-state index contributed by atoms with van der Waals surface area (Å²) in [5.74, 6) is 2.18. The summed E-state index contributed by atoms with van der Waals surface area (Å²) in [5, 5.41) is 7.14. The van der Waals surface area contributed by atoms with E-state index in [1.165, 1.54) is 30.6 Å². The Hall–Kier alpha value is -1.66. The lowest BCUT2D eigenvalue weighted by molar-refractivity contribution is 0.162. The van der Waals surface area contributed by atoms with E-state index in [0.29, 0.717) is 45.2 Å². The Morgan fingerprint density at radius 1 is 1.13 bits per heavy atom. The van der Waals surface area contributed by atoms with Gasteiger partial charge in [0.25, 0.3) is 5.89 Å². The van der Waals surface area contributed by atoms with E-state index in [0.717, 1.165) is 0 Å². The number of thiophene rings is 1. The van der Waals surface area contributed by atoms with Gasteiger partial charge in [-0.05, 0) is 81.3 Å². The van der Waals surface area contributed by atoms with Crippen molar-refractivity contribution in [1.82, 2.24) is 15.0 Å². The summed E-state index contributed by atoms with van der Waals surface area (Å²) in [6.07, 6.45) is 8.95. The van der Waals surface area contributed by atoms with Gasteiger partial charge >= 0.3 is 0 Å². The molecule has 0 N–H and O–H groups in total. The SMILES string of the molecule is CN(C)C(c1cccs1)C1CCC(/C=C/c2nc(-c3cccc(Cl)c3Cl)no2)CC1. The molecule has 1 fully saturated rings. The Kier molecular flexibility index (Phi) is 6.94. The van der Waals surface area contributed by atoms with Crippen molar-refractivity contribution in [2.45, 2.75) is 31.7 Å². The molecule has 1 aliphatic rings. The van der Waals surface area contributed by atoms with Crippen molar-refractivity contribution in [3.63, 3.8) is 0 Å². The molecule has 1 saturated carbocycles. The van der Waals surface area contributed by atoms with Crippen LogP contribution in [0.3, 0.4) is 0 Å². The van der Waals surface area contributed by atoms with Crippen LogP contribution in [0.15, 0.2) is 46.3 Å². The molecule has 0 saturated heterocycles. The summed E-state index contributed by atoms with van der Waals surface area (Å²) in [5.41, 5.74) is 0.677. The van der Waals surface area contributed by atoms with Gasteiger partial charge in [0, 0.05) is 16.5 Å². The van der Waals surface area contributed by atoms with Crippen LogP contribution in [0.2, 0.25) is 10.0 Å². The zero-order valence-corrected chi connectivity index (χ0v) is 19.4. The second kappa shape index (κ2) is 9.65. The molecular formula is C23H25Cl2N3OS. The molecule has 0 spiro atoms. The first-order valence-electron chi connectivity index (χ1n) is 10.2. The molecule has 2 heterocycles. The molecular weight excluding hydrogens is 437 g/mol. The van der Waals surface area contributed by atoms with Crippen LogP contribution >= 0.6 is 34.5 Å². The maximum atomic E-state index is 6.26. The second-order valence-electron chi connectivity index (χ2n) is 8.02. The van der Waals surface area contributed by atoms with Crippen molar-refractivity contribution >= 4 is 40.6 Å². The molecule has 158 valence electrons. The molecule has 3 aromatic rings. The van der Waals surface area contributed by atoms with Crippen molar-refractivity contribution in [2.24, 2.45) is 11.8 Å². The first-order chi connectivity index (χ1) is 14.5. The number of aromatic nitrogens is 2. The molecule has 0 radical (unpaired) electrons. The summed E-state index contributed by atoms with van der Waals surface area (Å²) in [4.78, 5) is 8.29. The van der Waals surface area contributed by atoms with Crippen molar-refractivity contribution in [1.29, 1.82) is 0 Å². The number of allylic oxidation sites excluding steroid dienone is 1. The topological polar surface area (TPSA) is 42.2 Å². The van der Waals surface area contributed by atoms with E-state index in [-0.39, 0.29) is 0 Å². The van der Waals surface area contributed by atoms with Gasteiger partial charge in [-0.3, -0.25) is 0 Å². The predicted octanol–water partition coefficient (Wildman–Crippen LogP) is 7.23. The van der Waals surface area contributed by atoms with E-state index in [1.807, 2.05) is 29.5 Å². The van der Waals surface area contributed by atoms with Gasteiger partial charge in [-0.2, -0.15) is 4.98 Å². The quantitative estimate of drug-likeness (QED) is 0.388. The lowest BCUT2D eigenvalue weighted by Crippen LogP contribution is -2.29. The lowest BCUT2D eigenvalue weighted by Gasteiger charge is -2.36. The molecule has 0 aliphatic heterocycles. The summed E-state index contributed by atoms with van der Waals surface area (Å²) in [6.45, 7) is 0. The van der Waals surface area contributed by atoms with Crippen LogP contribution in [-0.4, -0.2) is 29.1 Å². The van der Waals surface area contributed by atoms with Gasteiger partial charge in [0.15, 0.2) is 0 Å². The van der Waals surface area contributed by atoms with Crippen LogP contribution in [0.25, 0.3) is 17.5 Å². The summed E-state index contributed by atoms with van der Waals surface area (Å²) in [6, 6.07) is 10.3. The van der Waals surface area contributed by atoms with Crippen LogP contribution in [0.5, 0.6) is 0 Å². The maximum absolute atomic E-state index is 6.26. The third-order valence-corrected chi connectivity index (χ3v) is 7.56. The maximum Gasteiger partial charge on any atom is 0.250 e. The number of hydrogen-bond acceptors (Lipinski definition) is 5. The number of rotatable bonds is 6.